The maximum Gasteiger partial charge on any atom is 0.240 e. The molecule has 0 amide bonds. The van der Waals surface area contributed by atoms with Gasteiger partial charge in [0.25, 0.3) is 0 Å². The van der Waals surface area contributed by atoms with Gasteiger partial charge in [-0.25, -0.2) is 13.1 Å². The van der Waals surface area contributed by atoms with Gasteiger partial charge in [-0.2, -0.15) is 0 Å². The van der Waals surface area contributed by atoms with Crippen LogP contribution in [-0.4, -0.2) is 21.0 Å². The van der Waals surface area contributed by atoms with Gasteiger partial charge in [0.1, 0.15) is 0 Å². The molecule has 100 valence electrons. The summed E-state index contributed by atoms with van der Waals surface area (Å²) in [7, 11) is -3.38. The van der Waals surface area contributed by atoms with E-state index >= 15 is 0 Å². The number of anilines is 1. The third-order valence-corrected chi connectivity index (χ3v) is 4.84. The topological polar surface area (TPSA) is 58.2 Å². The van der Waals surface area contributed by atoms with E-state index < -0.39 is 10.0 Å². The molecule has 1 aromatic carbocycles. The van der Waals surface area contributed by atoms with Crippen LogP contribution >= 0.6 is 0 Å². The maximum atomic E-state index is 12.1. The Hall–Kier alpha value is -1.07. The molecule has 1 unspecified atom stereocenters. The van der Waals surface area contributed by atoms with Gasteiger partial charge in [0.15, 0.2) is 0 Å². The van der Waals surface area contributed by atoms with Crippen molar-refractivity contribution < 1.29 is 8.42 Å². The van der Waals surface area contributed by atoms with Crippen molar-refractivity contribution in [3.8, 4) is 0 Å². The molecule has 1 aliphatic carbocycles. The van der Waals surface area contributed by atoms with Crippen molar-refractivity contribution in [2.45, 2.75) is 38.1 Å². The summed E-state index contributed by atoms with van der Waals surface area (Å²) < 4.78 is 27.0. The van der Waals surface area contributed by atoms with Crippen molar-refractivity contribution in [2.75, 3.05) is 11.9 Å². The minimum absolute atomic E-state index is 0.0657. The summed E-state index contributed by atoms with van der Waals surface area (Å²) in [4.78, 5) is 0.326. The lowest BCUT2D eigenvalue weighted by Gasteiger charge is -2.09. The smallest absolute Gasteiger partial charge is 0.240 e. The van der Waals surface area contributed by atoms with E-state index in [9.17, 15) is 8.42 Å². The molecule has 1 aliphatic rings. The Kier molecular flexibility index (Phi) is 3.38. The van der Waals surface area contributed by atoms with Gasteiger partial charge in [-0.3, -0.25) is 0 Å². The molecule has 0 bridgehead atoms. The highest BCUT2D eigenvalue weighted by Gasteiger charge is 2.47. The molecule has 0 aromatic heterocycles. The summed E-state index contributed by atoms with van der Waals surface area (Å²) in [6, 6.07) is 6.91. The highest BCUT2D eigenvalue weighted by atomic mass is 32.2. The zero-order chi connectivity index (χ0) is 13.4. The summed E-state index contributed by atoms with van der Waals surface area (Å²) >= 11 is 0. The van der Waals surface area contributed by atoms with E-state index in [4.69, 9.17) is 0 Å². The van der Waals surface area contributed by atoms with Crippen molar-refractivity contribution in [3.63, 3.8) is 0 Å². The summed E-state index contributed by atoms with van der Waals surface area (Å²) in [5, 5.41) is 3.14. The molecule has 1 atom stereocenters. The van der Waals surface area contributed by atoms with Gasteiger partial charge in [-0.15, -0.1) is 0 Å². The summed E-state index contributed by atoms with van der Waals surface area (Å²) in [6.07, 6.45) is 0.904. The third-order valence-electron chi connectivity index (χ3n) is 3.36. The normalized spacial score (nSPS) is 21.6. The lowest BCUT2D eigenvalue weighted by Crippen LogP contribution is -2.28. The first-order valence-electron chi connectivity index (χ1n) is 6.21. The fourth-order valence-corrected chi connectivity index (χ4v) is 3.29. The molecule has 2 rings (SSSR count). The predicted molar refractivity (Wildman–Crippen MR) is 73.1 cm³/mol. The Morgan fingerprint density at radius 3 is 2.28 bits per heavy atom. The Morgan fingerprint density at radius 1 is 1.28 bits per heavy atom. The molecule has 0 heterocycles. The van der Waals surface area contributed by atoms with E-state index in [0.29, 0.717) is 4.90 Å². The average molecular weight is 268 g/mol. The molecule has 18 heavy (non-hydrogen) atoms. The van der Waals surface area contributed by atoms with Gasteiger partial charge in [0, 0.05) is 18.3 Å². The molecule has 1 fully saturated rings. The first-order valence-corrected chi connectivity index (χ1v) is 7.70. The number of nitrogens with one attached hydrogen (secondary N) is 2. The molecule has 1 aromatic rings. The Bertz CT molecular complexity index is 520. The Labute approximate surface area is 109 Å². The minimum atomic E-state index is -3.38. The molecule has 5 heteroatoms. The fourth-order valence-electron chi connectivity index (χ4n) is 1.88. The van der Waals surface area contributed by atoms with Gasteiger partial charge >= 0.3 is 0 Å². The van der Waals surface area contributed by atoms with E-state index in [1.54, 1.807) is 24.3 Å². The average Bonchev–Trinajstić information content (AvgIpc) is 2.86. The molecule has 0 spiro atoms. The molecule has 1 saturated carbocycles. The molecular formula is C13H20N2O2S. The molecule has 0 aliphatic heterocycles. The van der Waals surface area contributed by atoms with Crippen molar-refractivity contribution in [3.05, 3.63) is 24.3 Å². The second kappa shape index (κ2) is 4.55. The summed E-state index contributed by atoms with van der Waals surface area (Å²) in [5.74, 6) is 0. The van der Waals surface area contributed by atoms with E-state index in [1.807, 2.05) is 6.92 Å². The first-order chi connectivity index (χ1) is 8.35. The van der Waals surface area contributed by atoms with E-state index in [2.05, 4.69) is 23.9 Å². The van der Waals surface area contributed by atoms with Crippen molar-refractivity contribution in [1.82, 2.24) is 4.72 Å². The largest absolute Gasteiger partial charge is 0.385 e. The first kappa shape index (κ1) is 13.4. The summed E-state index contributed by atoms with van der Waals surface area (Å²) in [5.41, 5.74) is 1.03. The Balaban J connectivity index is 2.10. The second-order valence-electron chi connectivity index (χ2n) is 5.42. The second-order valence-corrected chi connectivity index (χ2v) is 7.14. The number of sulfonamides is 1. The third kappa shape index (κ3) is 2.84. The van der Waals surface area contributed by atoms with E-state index in [-0.39, 0.29) is 11.5 Å². The SMILES string of the molecule is CCNc1ccc(S(=O)(=O)NC2CC2(C)C)cc1. The Morgan fingerprint density at radius 2 is 1.83 bits per heavy atom. The molecule has 4 nitrogen and oxygen atoms in total. The van der Waals surface area contributed by atoms with Gasteiger partial charge in [0.2, 0.25) is 10.0 Å². The molecule has 2 N–H and O–H groups in total. The zero-order valence-electron chi connectivity index (χ0n) is 11.0. The molecule has 0 radical (unpaired) electrons. The fraction of sp³-hybridized carbons (Fsp3) is 0.538. The van der Waals surface area contributed by atoms with Crippen LogP contribution in [0.3, 0.4) is 0 Å². The zero-order valence-corrected chi connectivity index (χ0v) is 11.8. The standard InChI is InChI=1S/C13H20N2O2S/c1-4-14-10-5-7-11(8-6-10)18(16,17)15-12-9-13(12,2)3/h5-8,12,14-15H,4,9H2,1-3H3. The van der Waals surface area contributed by atoms with Crippen LogP contribution in [0.2, 0.25) is 0 Å². The predicted octanol–water partition coefficient (Wildman–Crippen LogP) is 2.20. The van der Waals surface area contributed by atoms with Gasteiger partial charge < -0.3 is 5.32 Å². The van der Waals surface area contributed by atoms with Crippen LogP contribution in [0.5, 0.6) is 0 Å². The van der Waals surface area contributed by atoms with Gasteiger partial charge in [-0.05, 0) is 43.0 Å². The number of rotatable bonds is 5. The quantitative estimate of drug-likeness (QED) is 0.860. The highest BCUT2D eigenvalue weighted by molar-refractivity contribution is 7.89. The van der Waals surface area contributed by atoms with Crippen LogP contribution < -0.4 is 10.0 Å². The number of hydrogen-bond donors (Lipinski definition) is 2. The van der Waals surface area contributed by atoms with Crippen LogP contribution in [0, 0.1) is 5.41 Å². The van der Waals surface area contributed by atoms with Crippen molar-refractivity contribution in [2.24, 2.45) is 5.41 Å². The van der Waals surface area contributed by atoms with Crippen LogP contribution in [0.25, 0.3) is 0 Å². The minimum Gasteiger partial charge on any atom is -0.385 e. The van der Waals surface area contributed by atoms with Crippen LogP contribution in [0.4, 0.5) is 5.69 Å². The van der Waals surface area contributed by atoms with Crippen LogP contribution in [0.15, 0.2) is 29.2 Å². The van der Waals surface area contributed by atoms with Crippen molar-refractivity contribution >= 4 is 15.7 Å². The lowest BCUT2D eigenvalue weighted by molar-refractivity contribution is 0.555. The number of hydrogen-bond acceptors (Lipinski definition) is 3. The van der Waals surface area contributed by atoms with Crippen molar-refractivity contribution in [1.29, 1.82) is 0 Å². The lowest BCUT2D eigenvalue weighted by atomic mass is 10.2. The maximum absolute atomic E-state index is 12.1. The van der Waals surface area contributed by atoms with Crippen LogP contribution in [-0.2, 0) is 10.0 Å². The molecular weight excluding hydrogens is 248 g/mol. The highest BCUT2D eigenvalue weighted by Crippen LogP contribution is 2.45. The van der Waals surface area contributed by atoms with Gasteiger partial charge in [0.05, 0.1) is 4.90 Å². The monoisotopic (exact) mass is 268 g/mol. The molecule has 0 saturated heterocycles. The van der Waals surface area contributed by atoms with Crippen LogP contribution in [0.1, 0.15) is 27.2 Å². The summed E-state index contributed by atoms with van der Waals surface area (Å²) in [6.45, 7) is 6.95. The number of benzene rings is 1. The van der Waals surface area contributed by atoms with Gasteiger partial charge in [-0.1, -0.05) is 13.8 Å². The van der Waals surface area contributed by atoms with E-state index in [0.717, 1.165) is 18.7 Å². The van der Waals surface area contributed by atoms with E-state index in [1.165, 1.54) is 0 Å².